The van der Waals surface area contributed by atoms with Crippen molar-refractivity contribution in [1.82, 2.24) is 14.9 Å². The minimum absolute atomic E-state index is 0.135. The first kappa shape index (κ1) is 22.1. The Morgan fingerprint density at radius 1 is 0.964 bits per heavy atom. The van der Waals surface area contributed by atoms with E-state index in [2.05, 4.69) is 49.8 Å². The van der Waals surface area contributed by atoms with E-state index in [4.69, 9.17) is 0 Å². The van der Waals surface area contributed by atoms with Crippen molar-refractivity contribution < 1.29 is 4.79 Å². The normalized spacial score (nSPS) is 30.0. The molecule has 2 aliphatic carbocycles. The number of rotatable bonds is 7. The quantitative estimate of drug-likeness (QED) is 0.615. The standard InChI is InChI=1S/C24H45N3O/c1-18(2)23-22(17-25(4)19(3)16-20-12-8-6-9-13-20)26(5)27(24(23)28)21-14-10-7-11-15-21/h18-23H,6-17H2,1-5H3. The van der Waals surface area contributed by atoms with Gasteiger partial charge in [-0.2, -0.15) is 0 Å². The predicted molar refractivity (Wildman–Crippen MR) is 117 cm³/mol. The highest BCUT2D eigenvalue weighted by molar-refractivity contribution is 5.81. The maximum atomic E-state index is 13.4. The fraction of sp³-hybridized carbons (Fsp3) is 0.958. The maximum Gasteiger partial charge on any atom is 0.242 e. The Balaban J connectivity index is 1.64. The lowest BCUT2D eigenvalue weighted by molar-refractivity contribution is -0.145. The summed E-state index contributed by atoms with van der Waals surface area (Å²) in [6, 6.07) is 1.35. The van der Waals surface area contributed by atoms with Crippen LogP contribution in [0.4, 0.5) is 0 Å². The van der Waals surface area contributed by atoms with Crippen molar-refractivity contribution >= 4 is 5.91 Å². The molecule has 0 aromatic carbocycles. The lowest BCUT2D eigenvalue weighted by Crippen LogP contribution is -2.50. The fourth-order valence-corrected chi connectivity index (χ4v) is 6.15. The van der Waals surface area contributed by atoms with Gasteiger partial charge in [-0.1, -0.05) is 65.2 Å². The van der Waals surface area contributed by atoms with Crippen molar-refractivity contribution in [3.05, 3.63) is 0 Å². The molecule has 1 aliphatic heterocycles. The van der Waals surface area contributed by atoms with Crippen LogP contribution in [0.5, 0.6) is 0 Å². The molecular weight excluding hydrogens is 346 g/mol. The van der Waals surface area contributed by atoms with Crippen LogP contribution in [0.15, 0.2) is 0 Å². The van der Waals surface area contributed by atoms with Crippen LogP contribution in [0, 0.1) is 17.8 Å². The zero-order valence-corrected chi connectivity index (χ0v) is 19.2. The summed E-state index contributed by atoms with van der Waals surface area (Å²) >= 11 is 0. The molecule has 0 radical (unpaired) electrons. The molecule has 3 rings (SSSR count). The highest BCUT2D eigenvalue weighted by Gasteiger charge is 2.48. The smallest absolute Gasteiger partial charge is 0.242 e. The highest BCUT2D eigenvalue weighted by Crippen LogP contribution is 2.36. The average Bonchev–Trinajstić information content (AvgIpc) is 2.93. The predicted octanol–water partition coefficient (Wildman–Crippen LogP) is 4.94. The average molecular weight is 392 g/mol. The second kappa shape index (κ2) is 9.93. The van der Waals surface area contributed by atoms with Crippen molar-refractivity contribution in [2.75, 3.05) is 20.6 Å². The first-order chi connectivity index (χ1) is 13.4. The second-order valence-corrected chi connectivity index (χ2v) is 10.4. The summed E-state index contributed by atoms with van der Waals surface area (Å²) in [5.74, 6) is 1.84. The molecule has 0 aromatic rings. The van der Waals surface area contributed by atoms with Crippen molar-refractivity contribution in [2.24, 2.45) is 17.8 Å². The minimum Gasteiger partial charge on any atom is -0.302 e. The van der Waals surface area contributed by atoms with E-state index in [9.17, 15) is 4.79 Å². The molecule has 3 fully saturated rings. The van der Waals surface area contributed by atoms with Gasteiger partial charge in [0, 0.05) is 25.7 Å². The lowest BCUT2D eigenvalue weighted by atomic mass is 9.84. The maximum absolute atomic E-state index is 13.4. The van der Waals surface area contributed by atoms with E-state index in [1.54, 1.807) is 0 Å². The monoisotopic (exact) mass is 391 g/mol. The fourth-order valence-electron chi connectivity index (χ4n) is 6.15. The van der Waals surface area contributed by atoms with Crippen molar-refractivity contribution in [1.29, 1.82) is 0 Å². The van der Waals surface area contributed by atoms with E-state index in [1.165, 1.54) is 70.6 Å². The van der Waals surface area contributed by atoms with Crippen LogP contribution >= 0.6 is 0 Å². The number of nitrogens with zero attached hydrogens (tertiary/aromatic N) is 3. The Hall–Kier alpha value is -0.610. The van der Waals surface area contributed by atoms with Crippen LogP contribution in [-0.2, 0) is 4.79 Å². The molecule has 28 heavy (non-hydrogen) atoms. The van der Waals surface area contributed by atoms with E-state index in [1.807, 2.05) is 0 Å². The lowest BCUT2D eigenvalue weighted by Gasteiger charge is -2.39. The molecule has 0 bridgehead atoms. The minimum atomic E-state index is 0.135. The van der Waals surface area contributed by atoms with Gasteiger partial charge in [-0.25, -0.2) is 5.01 Å². The van der Waals surface area contributed by atoms with Gasteiger partial charge < -0.3 is 4.90 Å². The Labute approximate surface area is 174 Å². The summed E-state index contributed by atoms with van der Waals surface area (Å²) < 4.78 is 0. The topological polar surface area (TPSA) is 26.8 Å². The molecule has 3 unspecified atom stereocenters. The Bertz CT molecular complexity index is 496. The number of hydrazine groups is 1. The van der Waals surface area contributed by atoms with Gasteiger partial charge in [-0.05, 0) is 45.1 Å². The largest absolute Gasteiger partial charge is 0.302 e. The van der Waals surface area contributed by atoms with Crippen LogP contribution in [-0.4, -0.2) is 59.6 Å². The molecule has 3 aliphatic rings. The molecule has 1 heterocycles. The molecule has 1 amide bonds. The Kier molecular flexibility index (Phi) is 7.83. The van der Waals surface area contributed by atoms with E-state index < -0.39 is 0 Å². The molecule has 0 N–H and O–H groups in total. The highest BCUT2D eigenvalue weighted by atomic mass is 16.2. The van der Waals surface area contributed by atoms with Crippen LogP contribution in [0.25, 0.3) is 0 Å². The van der Waals surface area contributed by atoms with Gasteiger partial charge in [-0.15, -0.1) is 0 Å². The van der Waals surface area contributed by atoms with Gasteiger partial charge >= 0.3 is 0 Å². The third-order valence-corrected chi connectivity index (χ3v) is 8.01. The SMILES string of the molecule is CC(C)C1C(=O)N(C2CCCCC2)N(C)C1CN(C)C(C)CC1CCCCC1. The molecule has 3 atom stereocenters. The summed E-state index contributed by atoms with van der Waals surface area (Å²) in [7, 11) is 4.46. The van der Waals surface area contributed by atoms with E-state index in [-0.39, 0.29) is 5.92 Å². The zero-order chi connectivity index (χ0) is 20.3. The van der Waals surface area contributed by atoms with Gasteiger partial charge in [0.1, 0.15) is 0 Å². The second-order valence-electron chi connectivity index (χ2n) is 10.4. The van der Waals surface area contributed by atoms with Crippen molar-refractivity contribution in [2.45, 2.75) is 110 Å². The first-order valence-corrected chi connectivity index (χ1v) is 12.2. The van der Waals surface area contributed by atoms with E-state index >= 15 is 0 Å². The van der Waals surface area contributed by atoms with E-state index in [0.29, 0.717) is 30.0 Å². The van der Waals surface area contributed by atoms with Crippen molar-refractivity contribution in [3.63, 3.8) is 0 Å². The number of carbonyl (C=O) groups excluding carboxylic acids is 1. The van der Waals surface area contributed by atoms with E-state index in [0.717, 1.165) is 12.5 Å². The third kappa shape index (κ3) is 4.92. The number of hydrogen-bond acceptors (Lipinski definition) is 3. The van der Waals surface area contributed by atoms with Gasteiger partial charge in [0.05, 0.1) is 12.0 Å². The molecule has 0 spiro atoms. The molecule has 1 saturated heterocycles. The van der Waals surface area contributed by atoms with Crippen molar-refractivity contribution in [3.8, 4) is 0 Å². The first-order valence-electron chi connectivity index (χ1n) is 12.2. The van der Waals surface area contributed by atoms with Gasteiger partial charge in [-0.3, -0.25) is 9.80 Å². The van der Waals surface area contributed by atoms with Crippen LogP contribution < -0.4 is 0 Å². The molecule has 0 aromatic heterocycles. The van der Waals surface area contributed by atoms with Crippen LogP contribution in [0.1, 0.15) is 91.4 Å². The van der Waals surface area contributed by atoms with Gasteiger partial charge in [0.2, 0.25) is 5.91 Å². The summed E-state index contributed by atoms with van der Waals surface area (Å²) in [6.07, 6.45) is 14.7. The van der Waals surface area contributed by atoms with Crippen LogP contribution in [0.2, 0.25) is 0 Å². The molecule has 162 valence electrons. The number of hydrogen-bond donors (Lipinski definition) is 0. The number of carbonyl (C=O) groups is 1. The zero-order valence-electron chi connectivity index (χ0n) is 19.2. The van der Waals surface area contributed by atoms with Gasteiger partial charge in [0.25, 0.3) is 0 Å². The van der Waals surface area contributed by atoms with Gasteiger partial charge in [0.15, 0.2) is 0 Å². The molecular formula is C24H45N3O. The molecule has 4 heteroatoms. The molecule has 4 nitrogen and oxygen atoms in total. The van der Waals surface area contributed by atoms with Crippen LogP contribution in [0.3, 0.4) is 0 Å². The summed E-state index contributed by atoms with van der Waals surface area (Å²) in [4.78, 5) is 15.9. The molecule has 2 saturated carbocycles. The third-order valence-electron chi connectivity index (χ3n) is 8.01. The summed E-state index contributed by atoms with van der Waals surface area (Å²) in [5.41, 5.74) is 0. The number of likely N-dealkylation sites (N-methyl/N-ethyl adjacent to an activating group) is 2. The summed E-state index contributed by atoms with van der Waals surface area (Å²) in [6.45, 7) is 7.87. The Morgan fingerprint density at radius 2 is 1.54 bits per heavy atom. The Morgan fingerprint density at radius 3 is 2.11 bits per heavy atom. The number of amides is 1. The summed E-state index contributed by atoms with van der Waals surface area (Å²) in [5, 5.41) is 4.51.